The molecule has 2 aliphatic heterocycles. The molecule has 0 aromatic carbocycles. The molecule has 1 aromatic rings. The standard InChI is InChI=1S/C35H68N8O2/c1-10-11-12-13-14-15-16-17-18-36-29-37-30(42(19-21-44)27-23-32(2,3)40-33(4,5)24-27)39-31(38-29)43(20-22-45)28-25-34(6,7)41-35(8,9)26-28/h27-28,40-41,44-45H,10-26H2,1-9H3,(H,36,37,38,39). The molecule has 2 fully saturated rings. The van der Waals surface area contributed by atoms with E-state index in [1.54, 1.807) is 0 Å². The molecule has 2 aliphatic rings. The summed E-state index contributed by atoms with van der Waals surface area (Å²) >= 11 is 0. The molecule has 260 valence electrons. The number of unbranched alkanes of at least 4 members (excludes halogenated alkanes) is 7. The van der Waals surface area contributed by atoms with Crippen molar-refractivity contribution >= 4 is 17.8 Å². The topological polar surface area (TPSA) is 122 Å². The summed E-state index contributed by atoms with van der Waals surface area (Å²) in [5.74, 6) is 1.77. The maximum absolute atomic E-state index is 10.2. The number of anilines is 3. The molecule has 0 saturated carbocycles. The van der Waals surface area contributed by atoms with E-state index in [0.717, 1.165) is 38.6 Å². The van der Waals surface area contributed by atoms with E-state index in [4.69, 9.17) is 15.0 Å². The average Bonchev–Trinajstić information content (AvgIpc) is 2.90. The summed E-state index contributed by atoms with van der Waals surface area (Å²) in [6, 6.07) is 0.310. The molecule has 0 radical (unpaired) electrons. The van der Waals surface area contributed by atoms with E-state index < -0.39 is 0 Å². The van der Waals surface area contributed by atoms with E-state index in [1.165, 1.54) is 44.9 Å². The number of nitrogens with one attached hydrogen (secondary N) is 3. The van der Waals surface area contributed by atoms with Gasteiger partial charge in [0.25, 0.3) is 0 Å². The molecule has 5 N–H and O–H groups in total. The molecule has 0 bridgehead atoms. The molecule has 0 unspecified atom stereocenters. The van der Waals surface area contributed by atoms with Crippen molar-refractivity contribution in [2.75, 3.05) is 48.0 Å². The lowest BCUT2D eigenvalue weighted by Gasteiger charge is -2.50. The van der Waals surface area contributed by atoms with E-state index in [2.05, 4.69) is 88.1 Å². The van der Waals surface area contributed by atoms with Crippen molar-refractivity contribution in [3.8, 4) is 0 Å². The predicted molar refractivity (Wildman–Crippen MR) is 188 cm³/mol. The first-order valence-corrected chi connectivity index (χ1v) is 17.9. The van der Waals surface area contributed by atoms with Gasteiger partial charge >= 0.3 is 0 Å². The van der Waals surface area contributed by atoms with E-state index in [9.17, 15) is 10.2 Å². The van der Waals surface area contributed by atoms with Crippen LogP contribution in [0.15, 0.2) is 0 Å². The number of aliphatic hydroxyl groups is 2. The van der Waals surface area contributed by atoms with Crippen LogP contribution < -0.4 is 25.8 Å². The van der Waals surface area contributed by atoms with Crippen LogP contribution in [0.1, 0.15) is 139 Å². The fourth-order valence-corrected chi connectivity index (χ4v) is 8.23. The maximum Gasteiger partial charge on any atom is 0.232 e. The number of aromatic nitrogens is 3. The van der Waals surface area contributed by atoms with Gasteiger partial charge in [0.15, 0.2) is 0 Å². The molecule has 10 heteroatoms. The minimum absolute atomic E-state index is 0.0177. The van der Waals surface area contributed by atoms with Gasteiger partial charge in [0.05, 0.1) is 13.2 Å². The highest BCUT2D eigenvalue weighted by molar-refractivity contribution is 5.47. The predicted octanol–water partition coefficient (Wildman–Crippen LogP) is 5.64. The van der Waals surface area contributed by atoms with Crippen molar-refractivity contribution in [2.24, 2.45) is 0 Å². The summed E-state index contributed by atoms with van der Waals surface area (Å²) < 4.78 is 0. The van der Waals surface area contributed by atoms with Crippen molar-refractivity contribution in [3.05, 3.63) is 0 Å². The molecule has 1 aromatic heterocycles. The van der Waals surface area contributed by atoms with Gasteiger partial charge in [0.2, 0.25) is 17.8 Å². The lowest BCUT2D eigenvalue weighted by Crippen LogP contribution is -2.63. The van der Waals surface area contributed by atoms with Crippen LogP contribution in [-0.4, -0.2) is 92.3 Å². The second-order valence-electron chi connectivity index (χ2n) is 16.4. The van der Waals surface area contributed by atoms with Gasteiger partial charge in [-0.2, -0.15) is 15.0 Å². The smallest absolute Gasteiger partial charge is 0.232 e. The number of hydrogen-bond acceptors (Lipinski definition) is 10. The van der Waals surface area contributed by atoms with Gasteiger partial charge < -0.3 is 36.0 Å². The first kappa shape index (κ1) is 37.7. The first-order valence-electron chi connectivity index (χ1n) is 17.9. The molecule has 0 atom stereocenters. The van der Waals surface area contributed by atoms with Crippen LogP contribution in [0.2, 0.25) is 0 Å². The molecule has 0 amide bonds. The third-order valence-electron chi connectivity index (χ3n) is 9.34. The second-order valence-corrected chi connectivity index (χ2v) is 16.4. The Labute approximate surface area is 275 Å². The Morgan fingerprint density at radius 2 is 1.00 bits per heavy atom. The SMILES string of the molecule is CCCCCCCCCCNc1nc(N(CCO)C2CC(C)(C)NC(C)(C)C2)nc(N(CCO)C2CC(C)(C)NC(C)(C)C2)n1. The fraction of sp³-hybridized carbons (Fsp3) is 0.914. The molecule has 0 aliphatic carbocycles. The number of rotatable bonds is 18. The highest BCUT2D eigenvalue weighted by Crippen LogP contribution is 2.36. The molecule has 3 rings (SSSR count). The van der Waals surface area contributed by atoms with Gasteiger partial charge in [-0.05, 0) is 87.5 Å². The van der Waals surface area contributed by atoms with Crippen molar-refractivity contribution in [1.29, 1.82) is 0 Å². The zero-order valence-corrected chi connectivity index (χ0v) is 30.3. The largest absolute Gasteiger partial charge is 0.395 e. The Hall–Kier alpha value is -1.75. The van der Waals surface area contributed by atoms with Crippen molar-refractivity contribution in [2.45, 2.75) is 174 Å². The molecule has 45 heavy (non-hydrogen) atoms. The number of aliphatic hydroxyl groups excluding tert-OH is 2. The van der Waals surface area contributed by atoms with Gasteiger partial charge in [-0.15, -0.1) is 0 Å². The molecule has 3 heterocycles. The lowest BCUT2D eigenvalue weighted by atomic mass is 9.79. The van der Waals surface area contributed by atoms with E-state index in [1.807, 2.05) is 0 Å². The Morgan fingerprint density at radius 1 is 0.622 bits per heavy atom. The van der Waals surface area contributed by atoms with Crippen LogP contribution in [0, 0.1) is 0 Å². The van der Waals surface area contributed by atoms with Crippen molar-refractivity contribution in [3.63, 3.8) is 0 Å². The van der Waals surface area contributed by atoms with Crippen LogP contribution in [0.4, 0.5) is 17.8 Å². The Kier molecular flexibility index (Phi) is 13.7. The number of nitrogens with zero attached hydrogens (tertiary/aromatic N) is 5. The summed E-state index contributed by atoms with van der Waals surface area (Å²) in [6.45, 7) is 22.0. The zero-order chi connectivity index (χ0) is 33.3. The third-order valence-corrected chi connectivity index (χ3v) is 9.34. The highest BCUT2D eigenvalue weighted by Gasteiger charge is 2.42. The van der Waals surface area contributed by atoms with Crippen LogP contribution >= 0.6 is 0 Å². The minimum atomic E-state index is -0.0667. The van der Waals surface area contributed by atoms with Crippen molar-refractivity contribution < 1.29 is 10.2 Å². The van der Waals surface area contributed by atoms with Crippen LogP contribution in [0.25, 0.3) is 0 Å². The maximum atomic E-state index is 10.2. The number of hydrogen-bond donors (Lipinski definition) is 5. The first-order chi connectivity index (χ1) is 21.1. The summed E-state index contributed by atoms with van der Waals surface area (Å²) in [7, 11) is 0. The summed E-state index contributed by atoms with van der Waals surface area (Å²) in [5.41, 5.74) is -0.267. The summed E-state index contributed by atoms with van der Waals surface area (Å²) in [6.07, 6.45) is 13.8. The van der Waals surface area contributed by atoms with E-state index in [0.29, 0.717) is 30.9 Å². The summed E-state index contributed by atoms with van der Waals surface area (Å²) in [4.78, 5) is 19.5. The van der Waals surface area contributed by atoms with Gasteiger partial charge in [-0.25, -0.2) is 0 Å². The Bertz CT molecular complexity index is 933. The minimum Gasteiger partial charge on any atom is -0.395 e. The van der Waals surface area contributed by atoms with Crippen molar-refractivity contribution in [1.82, 2.24) is 25.6 Å². The average molecular weight is 633 g/mol. The highest BCUT2D eigenvalue weighted by atomic mass is 16.3. The molecular formula is C35H68N8O2. The van der Waals surface area contributed by atoms with Gasteiger partial charge in [0.1, 0.15) is 0 Å². The zero-order valence-electron chi connectivity index (χ0n) is 30.3. The number of piperidine rings is 2. The normalized spacial score (nSPS) is 21.0. The van der Waals surface area contributed by atoms with E-state index in [-0.39, 0.29) is 47.5 Å². The lowest BCUT2D eigenvalue weighted by molar-refractivity contribution is 0.154. The molecule has 10 nitrogen and oxygen atoms in total. The molecule has 0 spiro atoms. The van der Waals surface area contributed by atoms with Crippen LogP contribution in [-0.2, 0) is 0 Å². The molecule has 2 saturated heterocycles. The third kappa shape index (κ3) is 12.1. The fourth-order valence-electron chi connectivity index (χ4n) is 8.23. The quantitative estimate of drug-likeness (QED) is 0.130. The van der Waals surface area contributed by atoms with Gasteiger partial charge in [-0.3, -0.25) is 0 Å². The van der Waals surface area contributed by atoms with Gasteiger partial charge in [-0.1, -0.05) is 51.9 Å². The Morgan fingerprint density at radius 3 is 1.38 bits per heavy atom. The van der Waals surface area contributed by atoms with Gasteiger partial charge in [0, 0.05) is 53.9 Å². The Balaban J connectivity index is 1.92. The van der Waals surface area contributed by atoms with E-state index >= 15 is 0 Å². The van der Waals surface area contributed by atoms with Crippen LogP contribution in [0.5, 0.6) is 0 Å². The second kappa shape index (κ2) is 16.4. The molecular weight excluding hydrogens is 564 g/mol. The monoisotopic (exact) mass is 633 g/mol. The summed E-state index contributed by atoms with van der Waals surface area (Å²) in [5, 5.41) is 31.6. The van der Waals surface area contributed by atoms with Crippen LogP contribution in [0.3, 0.4) is 0 Å².